The van der Waals surface area contributed by atoms with Gasteiger partial charge >= 0.3 is 5.97 Å². The molecule has 0 aliphatic rings. The number of aromatic hydroxyl groups is 1. The van der Waals surface area contributed by atoms with Crippen LogP contribution in [0.4, 0.5) is 0 Å². The van der Waals surface area contributed by atoms with E-state index in [2.05, 4.69) is 10.1 Å². The van der Waals surface area contributed by atoms with Gasteiger partial charge in [0.15, 0.2) is 0 Å². The Kier molecular flexibility index (Phi) is 7.29. The molecule has 0 radical (unpaired) electrons. The lowest BCUT2D eigenvalue weighted by molar-refractivity contribution is -0.140. The van der Waals surface area contributed by atoms with E-state index in [-0.39, 0.29) is 29.2 Å². The first-order valence-corrected chi connectivity index (χ1v) is 7.20. The van der Waals surface area contributed by atoms with Crippen molar-refractivity contribution < 1.29 is 19.4 Å². The van der Waals surface area contributed by atoms with Gasteiger partial charge in [-0.15, -0.1) is 0 Å². The van der Waals surface area contributed by atoms with Crippen LogP contribution in [0.2, 0.25) is 0 Å². The zero-order chi connectivity index (χ0) is 15.7. The largest absolute Gasteiger partial charge is 0.507 e. The van der Waals surface area contributed by atoms with Crippen molar-refractivity contribution in [2.75, 3.05) is 7.11 Å². The van der Waals surface area contributed by atoms with Crippen LogP contribution in [0.1, 0.15) is 49.4 Å². The van der Waals surface area contributed by atoms with Crippen molar-refractivity contribution in [2.45, 2.75) is 45.1 Å². The Morgan fingerprint density at radius 1 is 1.24 bits per heavy atom. The van der Waals surface area contributed by atoms with Crippen LogP contribution >= 0.6 is 0 Å². The number of rotatable bonds is 8. The average Bonchev–Trinajstić information content (AvgIpc) is 2.46. The lowest BCUT2D eigenvalue weighted by atomic mass is 10.1. The minimum absolute atomic E-state index is 0.0136. The molecule has 5 nitrogen and oxygen atoms in total. The quantitative estimate of drug-likeness (QED) is 0.570. The summed E-state index contributed by atoms with van der Waals surface area (Å²) in [5.74, 6) is -0.466. The first-order chi connectivity index (χ1) is 10.0. The Morgan fingerprint density at radius 2 is 1.95 bits per heavy atom. The highest BCUT2D eigenvalue weighted by Gasteiger charge is 2.12. The van der Waals surface area contributed by atoms with Crippen LogP contribution in [0.15, 0.2) is 24.3 Å². The van der Waals surface area contributed by atoms with E-state index < -0.39 is 0 Å². The van der Waals surface area contributed by atoms with Gasteiger partial charge in [-0.3, -0.25) is 9.59 Å². The molecule has 2 N–H and O–H groups in total. The van der Waals surface area contributed by atoms with Gasteiger partial charge in [0, 0.05) is 12.5 Å². The first-order valence-electron chi connectivity index (χ1n) is 7.20. The van der Waals surface area contributed by atoms with Crippen molar-refractivity contribution in [1.29, 1.82) is 0 Å². The summed E-state index contributed by atoms with van der Waals surface area (Å²) in [5.41, 5.74) is 0.287. The fraction of sp³-hybridized carbons (Fsp3) is 0.500. The van der Waals surface area contributed by atoms with E-state index in [1.165, 1.54) is 13.2 Å². The lowest BCUT2D eigenvalue weighted by Gasteiger charge is -2.14. The molecule has 21 heavy (non-hydrogen) atoms. The van der Waals surface area contributed by atoms with Crippen molar-refractivity contribution in [3.63, 3.8) is 0 Å². The Hall–Kier alpha value is -2.04. The molecule has 0 bridgehead atoms. The summed E-state index contributed by atoms with van der Waals surface area (Å²) in [7, 11) is 1.39. The van der Waals surface area contributed by atoms with E-state index in [9.17, 15) is 14.7 Å². The second kappa shape index (κ2) is 9.00. The zero-order valence-corrected chi connectivity index (χ0v) is 12.6. The van der Waals surface area contributed by atoms with Crippen LogP contribution in [0, 0.1) is 0 Å². The molecule has 1 amide bonds. The monoisotopic (exact) mass is 293 g/mol. The third-order valence-electron chi connectivity index (χ3n) is 3.27. The van der Waals surface area contributed by atoms with Crippen molar-refractivity contribution in [2.24, 2.45) is 0 Å². The number of benzene rings is 1. The van der Waals surface area contributed by atoms with E-state index in [4.69, 9.17) is 0 Å². The van der Waals surface area contributed by atoms with E-state index in [1.807, 2.05) is 6.92 Å². The highest BCUT2D eigenvalue weighted by Crippen LogP contribution is 2.15. The number of carbonyl (C=O) groups is 2. The molecule has 116 valence electrons. The number of hydrogen-bond acceptors (Lipinski definition) is 4. The Morgan fingerprint density at radius 3 is 2.62 bits per heavy atom. The molecule has 1 rings (SSSR count). The topological polar surface area (TPSA) is 75.6 Å². The molecule has 0 saturated carbocycles. The first kappa shape index (κ1) is 17.0. The molecule has 0 aliphatic carbocycles. The van der Waals surface area contributed by atoms with Crippen LogP contribution in [-0.4, -0.2) is 30.1 Å². The summed E-state index contributed by atoms with van der Waals surface area (Å²) in [4.78, 5) is 22.9. The lowest BCUT2D eigenvalue weighted by Crippen LogP contribution is -2.32. The molecular weight excluding hydrogens is 270 g/mol. The van der Waals surface area contributed by atoms with Gasteiger partial charge in [0.2, 0.25) is 0 Å². The van der Waals surface area contributed by atoms with Gasteiger partial charge < -0.3 is 15.2 Å². The van der Waals surface area contributed by atoms with E-state index >= 15 is 0 Å². The van der Waals surface area contributed by atoms with Crippen molar-refractivity contribution in [3.8, 4) is 5.75 Å². The molecule has 0 fully saturated rings. The summed E-state index contributed by atoms with van der Waals surface area (Å²) in [5, 5.41) is 12.5. The maximum absolute atomic E-state index is 12.0. The normalized spacial score (nSPS) is 11.7. The molecule has 0 saturated heterocycles. The summed E-state index contributed by atoms with van der Waals surface area (Å²) in [6.07, 6.45) is 3.92. The van der Waals surface area contributed by atoms with Crippen LogP contribution < -0.4 is 5.32 Å². The maximum Gasteiger partial charge on any atom is 0.305 e. The number of esters is 1. The maximum atomic E-state index is 12.0. The van der Waals surface area contributed by atoms with Crippen LogP contribution in [0.25, 0.3) is 0 Å². The Labute approximate surface area is 125 Å². The van der Waals surface area contributed by atoms with Gasteiger partial charge in [0.25, 0.3) is 5.91 Å². The van der Waals surface area contributed by atoms with Gasteiger partial charge in [0.05, 0.1) is 12.7 Å². The van der Waals surface area contributed by atoms with Crippen LogP contribution in [-0.2, 0) is 9.53 Å². The number of methoxy groups -OCH3 is 1. The SMILES string of the molecule is COC(=O)CCCCCC(C)NC(=O)c1ccccc1O. The second-order valence-corrected chi connectivity index (χ2v) is 5.07. The number of unbranched alkanes of at least 4 members (excludes halogenated alkanes) is 2. The summed E-state index contributed by atoms with van der Waals surface area (Å²) < 4.78 is 4.57. The second-order valence-electron chi connectivity index (χ2n) is 5.07. The smallest absolute Gasteiger partial charge is 0.305 e. The van der Waals surface area contributed by atoms with Gasteiger partial charge in [-0.25, -0.2) is 0 Å². The fourth-order valence-corrected chi connectivity index (χ4v) is 2.04. The highest BCUT2D eigenvalue weighted by atomic mass is 16.5. The third kappa shape index (κ3) is 6.29. The number of hydrogen-bond donors (Lipinski definition) is 2. The molecule has 5 heteroatoms. The number of phenolic OH excluding ortho intramolecular Hbond substituents is 1. The summed E-state index contributed by atoms with van der Waals surface area (Å²) in [6.45, 7) is 1.93. The minimum Gasteiger partial charge on any atom is -0.507 e. The predicted molar refractivity (Wildman–Crippen MR) is 80.1 cm³/mol. The number of amides is 1. The Balaban J connectivity index is 2.25. The zero-order valence-electron chi connectivity index (χ0n) is 12.6. The molecule has 0 aliphatic heterocycles. The minimum atomic E-state index is -0.268. The molecule has 1 aromatic rings. The Bertz CT molecular complexity index is 473. The highest BCUT2D eigenvalue weighted by molar-refractivity contribution is 5.96. The molecule has 0 spiro atoms. The average molecular weight is 293 g/mol. The van der Waals surface area contributed by atoms with Gasteiger partial charge in [-0.05, 0) is 31.9 Å². The van der Waals surface area contributed by atoms with Crippen LogP contribution in [0.5, 0.6) is 5.75 Å². The van der Waals surface area contributed by atoms with E-state index in [0.717, 1.165) is 25.7 Å². The van der Waals surface area contributed by atoms with Crippen molar-refractivity contribution >= 4 is 11.9 Å². The molecule has 0 aromatic heterocycles. The summed E-state index contributed by atoms with van der Waals surface area (Å²) >= 11 is 0. The molecule has 1 atom stereocenters. The molecule has 1 unspecified atom stereocenters. The van der Waals surface area contributed by atoms with E-state index in [1.54, 1.807) is 18.2 Å². The van der Waals surface area contributed by atoms with Gasteiger partial charge in [0.1, 0.15) is 5.75 Å². The summed E-state index contributed by atoms with van der Waals surface area (Å²) in [6, 6.07) is 6.50. The van der Waals surface area contributed by atoms with Crippen LogP contribution in [0.3, 0.4) is 0 Å². The van der Waals surface area contributed by atoms with Crippen molar-refractivity contribution in [3.05, 3.63) is 29.8 Å². The number of phenols is 1. The predicted octanol–water partition coefficient (Wildman–Crippen LogP) is 2.63. The van der Waals surface area contributed by atoms with Crippen molar-refractivity contribution in [1.82, 2.24) is 5.32 Å². The molecule has 0 heterocycles. The fourth-order valence-electron chi connectivity index (χ4n) is 2.04. The third-order valence-corrected chi connectivity index (χ3v) is 3.27. The number of ether oxygens (including phenoxy) is 1. The standard InChI is InChI=1S/C16H23NO4/c1-12(8-4-3-5-11-15(19)21-2)17-16(20)13-9-6-7-10-14(13)18/h6-7,9-10,12,18H,3-5,8,11H2,1-2H3,(H,17,20). The molecular formula is C16H23NO4. The van der Waals surface area contributed by atoms with Gasteiger partial charge in [-0.1, -0.05) is 25.0 Å². The number of nitrogens with one attached hydrogen (secondary N) is 1. The molecule has 1 aromatic carbocycles. The van der Waals surface area contributed by atoms with Gasteiger partial charge in [-0.2, -0.15) is 0 Å². The number of para-hydroxylation sites is 1. The van der Waals surface area contributed by atoms with E-state index in [0.29, 0.717) is 6.42 Å². The number of carbonyl (C=O) groups excluding carboxylic acids is 2.